The van der Waals surface area contributed by atoms with Crippen molar-refractivity contribution >= 4 is 23.2 Å². The van der Waals surface area contributed by atoms with Crippen LogP contribution < -0.4 is 22.1 Å². The van der Waals surface area contributed by atoms with Gasteiger partial charge in [-0.15, -0.1) is 0 Å². The maximum Gasteiger partial charge on any atom is 0.250 e. The molecule has 0 radical (unpaired) electrons. The number of nitrogen functional groups attached to an aromatic ring is 1. The van der Waals surface area contributed by atoms with Crippen molar-refractivity contribution in [2.24, 2.45) is 17.4 Å². The fraction of sp³-hybridized carbons (Fsp3) is 0.429. The van der Waals surface area contributed by atoms with E-state index in [0.717, 1.165) is 12.8 Å². The number of hydrogen-bond acceptors (Lipinski definition) is 4. The van der Waals surface area contributed by atoms with Gasteiger partial charge in [-0.1, -0.05) is 0 Å². The first-order chi connectivity index (χ1) is 9.40. The van der Waals surface area contributed by atoms with Crippen LogP contribution in [0.3, 0.4) is 0 Å². The second-order valence-electron chi connectivity index (χ2n) is 5.32. The summed E-state index contributed by atoms with van der Waals surface area (Å²) in [5.74, 6) is -1.04. The van der Waals surface area contributed by atoms with Crippen molar-refractivity contribution in [2.45, 2.75) is 25.8 Å². The van der Waals surface area contributed by atoms with E-state index in [1.807, 2.05) is 4.90 Å². The Morgan fingerprint density at radius 2 is 1.95 bits per heavy atom. The van der Waals surface area contributed by atoms with Gasteiger partial charge >= 0.3 is 0 Å². The van der Waals surface area contributed by atoms with E-state index in [9.17, 15) is 9.59 Å². The van der Waals surface area contributed by atoms with E-state index >= 15 is 0 Å². The molecule has 1 aliphatic heterocycles. The molecule has 0 aliphatic carbocycles. The van der Waals surface area contributed by atoms with Crippen molar-refractivity contribution in [3.63, 3.8) is 0 Å². The third kappa shape index (κ3) is 2.68. The molecule has 1 aromatic rings. The largest absolute Gasteiger partial charge is 0.399 e. The van der Waals surface area contributed by atoms with Crippen LogP contribution in [0.15, 0.2) is 18.2 Å². The van der Waals surface area contributed by atoms with Crippen LogP contribution in [0.25, 0.3) is 0 Å². The number of nitrogens with two attached hydrogens (primary N) is 3. The average Bonchev–Trinajstić information content (AvgIpc) is 2.39. The number of nitrogens with zero attached hydrogens (tertiary/aromatic N) is 1. The van der Waals surface area contributed by atoms with Gasteiger partial charge in [0, 0.05) is 24.0 Å². The Morgan fingerprint density at radius 3 is 2.55 bits per heavy atom. The van der Waals surface area contributed by atoms with Gasteiger partial charge in [0.2, 0.25) is 5.91 Å². The molecule has 0 saturated carbocycles. The number of benzene rings is 1. The van der Waals surface area contributed by atoms with Crippen LogP contribution in [0, 0.1) is 5.92 Å². The fourth-order valence-electron chi connectivity index (χ4n) is 2.68. The lowest BCUT2D eigenvalue weighted by Gasteiger charge is -2.39. The number of primary amides is 2. The van der Waals surface area contributed by atoms with Crippen LogP contribution in [0.5, 0.6) is 0 Å². The van der Waals surface area contributed by atoms with Crippen molar-refractivity contribution < 1.29 is 9.59 Å². The number of piperidine rings is 1. The number of hydrogen-bond donors (Lipinski definition) is 3. The third-order valence-corrected chi connectivity index (χ3v) is 3.88. The first-order valence-corrected chi connectivity index (χ1v) is 6.65. The number of rotatable bonds is 3. The quantitative estimate of drug-likeness (QED) is 0.695. The summed E-state index contributed by atoms with van der Waals surface area (Å²) < 4.78 is 0. The number of carbonyl (C=O) groups excluding carboxylic acids is 2. The van der Waals surface area contributed by atoms with E-state index in [1.165, 1.54) is 0 Å². The summed E-state index contributed by atoms with van der Waals surface area (Å²) in [5.41, 5.74) is 18.1. The lowest BCUT2D eigenvalue weighted by molar-refractivity contribution is -0.122. The van der Waals surface area contributed by atoms with Gasteiger partial charge in [0.05, 0.1) is 11.5 Å². The monoisotopic (exact) mass is 276 g/mol. The highest BCUT2D eigenvalue weighted by molar-refractivity contribution is 5.99. The molecule has 108 valence electrons. The first-order valence-electron chi connectivity index (χ1n) is 6.65. The Morgan fingerprint density at radius 1 is 1.25 bits per heavy atom. The zero-order valence-corrected chi connectivity index (χ0v) is 11.5. The van der Waals surface area contributed by atoms with Gasteiger partial charge in [-0.3, -0.25) is 9.59 Å². The molecule has 2 unspecified atom stereocenters. The molecule has 1 aliphatic rings. The van der Waals surface area contributed by atoms with E-state index < -0.39 is 5.91 Å². The molecule has 2 amide bonds. The molecule has 6 heteroatoms. The van der Waals surface area contributed by atoms with Crippen molar-refractivity contribution in [2.75, 3.05) is 17.2 Å². The molecule has 1 saturated heterocycles. The lowest BCUT2D eigenvalue weighted by Crippen LogP contribution is -2.46. The Bertz CT molecular complexity index is 544. The second kappa shape index (κ2) is 5.40. The van der Waals surface area contributed by atoms with Crippen LogP contribution in [0.4, 0.5) is 11.4 Å². The van der Waals surface area contributed by atoms with E-state index in [2.05, 4.69) is 6.92 Å². The standard InChI is InChI=1S/C14H20N4O2/c1-8-2-3-9(13(16)19)7-18(8)12-5-4-10(15)6-11(12)14(17)20/h4-6,8-9H,2-3,7,15H2,1H3,(H2,16,19)(H2,17,20). The molecule has 1 heterocycles. The van der Waals surface area contributed by atoms with Crippen molar-refractivity contribution in [3.8, 4) is 0 Å². The predicted molar refractivity (Wildman–Crippen MR) is 78.1 cm³/mol. The van der Waals surface area contributed by atoms with Crippen LogP contribution >= 0.6 is 0 Å². The SMILES string of the molecule is CC1CCC(C(N)=O)CN1c1ccc(N)cc1C(N)=O. The van der Waals surface area contributed by atoms with Gasteiger partial charge in [-0.25, -0.2) is 0 Å². The van der Waals surface area contributed by atoms with Crippen LogP contribution in [0.2, 0.25) is 0 Å². The van der Waals surface area contributed by atoms with E-state index in [4.69, 9.17) is 17.2 Å². The molecule has 1 aromatic carbocycles. The summed E-state index contributed by atoms with van der Waals surface area (Å²) in [4.78, 5) is 25.0. The van der Waals surface area contributed by atoms with Crippen molar-refractivity contribution in [1.29, 1.82) is 0 Å². The molecule has 0 aromatic heterocycles. The Hall–Kier alpha value is -2.24. The summed E-state index contributed by atoms with van der Waals surface area (Å²) in [7, 11) is 0. The van der Waals surface area contributed by atoms with Crippen molar-refractivity contribution in [3.05, 3.63) is 23.8 Å². The molecule has 2 rings (SSSR count). The molecule has 2 atom stereocenters. The van der Waals surface area contributed by atoms with Crippen LogP contribution in [-0.4, -0.2) is 24.4 Å². The third-order valence-electron chi connectivity index (χ3n) is 3.88. The van der Waals surface area contributed by atoms with Gasteiger partial charge in [0.25, 0.3) is 5.91 Å². The number of anilines is 2. The minimum absolute atomic E-state index is 0.204. The Balaban J connectivity index is 2.38. The van der Waals surface area contributed by atoms with Gasteiger partial charge in [-0.2, -0.15) is 0 Å². The lowest BCUT2D eigenvalue weighted by atomic mass is 9.91. The molecular weight excluding hydrogens is 256 g/mol. The highest BCUT2D eigenvalue weighted by Crippen LogP contribution is 2.31. The minimum Gasteiger partial charge on any atom is -0.399 e. The maximum absolute atomic E-state index is 11.6. The Labute approximate surface area is 117 Å². The van der Waals surface area contributed by atoms with Crippen LogP contribution in [-0.2, 0) is 4.79 Å². The first kappa shape index (κ1) is 14.2. The number of amides is 2. The normalized spacial score (nSPS) is 22.6. The molecular formula is C14H20N4O2. The summed E-state index contributed by atoms with van der Waals surface area (Å²) in [5, 5.41) is 0. The molecule has 6 N–H and O–H groups in total. The van der Waals surface area contributed by atoms with Gasteiger partial charge < -0.3 is 22.1 Å². The Kier molecular flexibility index (Phi) is 3.83. The van der Waals surface area contributed by atoms with E-state index in [1.54, 1.807) is 18.2 Å². The maximum atomic E-state index is 11.6. The summed E-state index contributed by atoms with van der Waals surface area (Å²) in [6, 6.07) is 5.28. The molecule has 1 fully saturated rings. The summed E-state index contributed by atoms with van der Waals surface area (Å²) >= 11 is 0. The van der Waals surface area contributed by atoms with Crippen molar-refractivity contribution in [1.82, 2.24) is 0 Å². The van der Waals surface area contributed by atoms with Gasteiger partial charge in [-0.05, 0) is 38.0 Å². The molecule has 6 nitrogen and oxygen atoms in total. The summed E-state index contributed by atoms with van der Waals surface area (Å²) in [6.07, 6.45) is 1.62. The average molecular weight is 276 g/mol. The second-order valence-corrected chi connectivity index (χ2v) is 5.32. The molecule has 0 spiro atoms. The predicted octanol–water partition coefficient (Wildman–Crippen LogP) is 0.458. The highest BCUT2D eigenvalue weighted by Gasteiger charge is 2.30. The van der Waals surface area contributed by atoms with Gasteiger partial charge in [0.15, 0.2) is 0 Å². The molecule has 0 bridgehead atoms. The smallest absolute Gasteiger partial charge is 0.250 e. The minimum atomic E-state index is -0.527. The molecule has 20 heavy (non-hydrogen) atoms. The van der Waals surface area contributed by atoms with Crippen LogP contribution in [0.1, 0.15) is 30.1 Å². The topological polar surface area (TPSA) is 115 Å². The zero-order valence-electron chi connectivity index (χ0n) is 11.5. The van der Waals surface area contributed by atoms with Gasteiger partial charge in [0.1, 0.15) is 0 Å². The number of carbonyl (C=O) groups is 2. The zero-order chi connectivity index (χ0) is 14.9. The fourth-order valence-corrected chi connectivity index (χ4v) is 2.68. The van der Waals surface area contributed by atoms with E-state index in [-0.39, 0.29) is 17.9 Å². The van der Waals surface area contributed by atoms with E-state index in [0.29, 0.717) is 23.5 Å². The highest BCUT2D eigenvalue weighted by atomic mass is 16.1. The summed E-state index contributed by atoms with van der Waals surface area (Å²) in [6.45, 7) is 2.55.